The number of amides is 1. The molecule has 1 heterocycles. The summed E-state index contributed by atoms with van der Waals surface area (Å²) in [6.45, 7) is 1.48. The van der Waals surface area contributed by atoms with Gasteiger partial charge >= 0.3 is 0 Å². The molecule has 94 valence electrons. The molecule has 0 atom stereocenters. The lowest BCUT2D eigenvalue weighted by Gasteiger charge is -2.26. The second-order valence-corrected chi connectivity index (χ2v) is 4.50. The highest BCUT2D eigenvalue weighted by atomic mass is 16.2. The molecule has 0 unspecified atom stereocenters. The Morgan fingerprint density at radius 1 is 1.44 bits per heavy atom. The average Bonchev–Trinajstić information content (AvgIpc) is 2.39. The second kappa shape index (κ2) is 5.65. The molecule has 1 aromatic rings. The summed E-state index contributed by atoms with van der Waals surface area (Å²) in [7, 11) is 1.82. The van der Waals surface area contributed by atoms with E-state index >= 15 is 0 Å². The Balaban J connectivity index is 2.04. The number of carbonyl (C=O) groups is 1. The molecule has 2 rings (SSSR count). The van der Waals surface area contributed by atoms with Crippen molar-refractivity contribution >= 4 is 11.6 Å². The van der Waals surface area contributed by atoms with Gasteiger partial charge in [0.1, 0.15) is 0 Å². The Morgan fingerprint density at radius 3 is 3.06 bits per heavy atom. The van der Waals surface area contributed by atoms with Crippen molar-refractivity contribution in [3.63, 3.8) is 0 Å². The van der Waals surface area contributed by atoms with Gasteiger partial charge in [0.15, 0.2) is 0 Å². The highest BCUT2D eigenvalue weighted by Crippen LogP contribution is 2.27. The van der Waals surface area contributed by atoms with E-state index in [0.717, 1.165) is 18.7 Å². The molecule has 0 aromatic heterocycles. The number of anilines is 1. The van der Waals surface area contributed by atoms with Crippen LogP contribution in [0.5, 0.6) is 0 Å². The topological polar surface area (TPSA) is 56.1 Å². The maximum atomic E-state index is 11.6. The van der Waals surface area contributed by atoms with Crippen molar-refractivity contribution in [2.45, 2.75) is 25.8 Å². The van der Waals surface area contributed by atoms with Gasteiger partial charge in [-0.1, -0.05) is 12.1 Å². The summed E-state index contributed by atoms with van der Waals surface area (Å²) < 4.78 is 0. The Morgan fingerprint density at radius 2 is 2.28 bits per heavy atom. The van der Waals surface area contributed by atoms with Crippen LogP contribution in [-0.4, -0.2) is 19.5 Å². The van der Waals surface area contributed by atoms with Crippen LogP contribution in [0.15, 0.2) is 18.2 Å². The van der Waals surface area contributed by atoms with E-state index in [-0.39, 0.29) is 5.91 Å². The number of fused-ring (bicyclic) bond motifs is 1. The van der Waals surface area contributed by atoms with Crippen LogP contribution in [0.3, 0.4) is 0 Å². The third kappa shape index (κ3) is 2.69. The number of carbonyl (C=O) groups excluding carboxylic acids is 1. The molecule has 4 heteroatoms. The summed E-state index contributed by atoms with van der Waals surface area (Å²) in [6.07, 6.45) is 1.95. The van der Waals surface area contributed by atoms with Crippen molar-refractivity contribution < 1.29 is 4.79 Å². The number of nitrogens with one attached hydrogen (secondary N) is 1. The van der Waals surface area contributed by atoms with Crippen LogP contribution in [0.2, 0.25) is 0 Å². The lowest BCUT2D eigenvalue weighted by Crippen LogP contribution is -2.31. The largest absolute Gasteiger partial charge is 0.315 e. The van der Waals surface area contributed by atoms with Gasteiger partial charge in [0, 0.05) is 38.7 Å². The molecule has 1 N–H and O–H groups in total. The van der Waals surface area contributed by atoms with Crippen molar-refractivity contribution in [3.05, 3.63) is 29.3 Å². The first-order valence-corrected chi connectivity index (χ1v) is 6.18. The predicted molar refractivity (Wildman–Crippen MR) is 70.1 cm³/mol. The van der Waals surface area contributed by atoms with E-state index < -0.39 is 0 Å². The first-order valence-electron chi connectivity index (χ1n) is 6.18. The lowest BCUT2D eigenvalue weighted by molar-refractivity contribution is -0.118. The Kier molecular flexibility index (Phi) is 3.96. The van der Waals surface area contributed by atoms with Gasteiger partial charge in [0.05, 0.1) is 6.07 Å². The van der Waals surface area contributed by atoms with Crippen molar-refractivity contribution in [1.29, 1.82) is 5.26 Å². The smallest absolute Gasteiger partial charge is 0.227 e. The summed E-state index contributed by atoms with van der Waals surface area (Å²) in [6, 6.07) is 8.30. The number of hydrogen-bond acceptors (Lipinski definition) is 3. The molecular formula is C14H17N3O. The number of benzene rings is 1. The van der Waals surface area contributed by atoms with E-state index in [1.165, 1.54) is 11.1 Å². The summed E-state index contributed by atoms with van der Waals surface area (Å²) in [4.78, 5) is 13.3. The predicted octanol–water partition coefficient (Wildman–Crippen LogP) is 1.60. The molecule has 0 fully saturated rings. The van der Waals surface area contributed by atoms with Crippen molar-refractivity contribution in [1.82, 2.24) is 5.32 Å². The second-order valence-electron chi connectivity index (χ2n) is 4.50. The number of rotatable bonds is 4. The van der Waals surface area contributed by atoms with E-state index in [4.69, 9.17) is 5.26 Å². The van der Waals surface area contributed by atoms with E-state index in [9.17, 15) is 4.79 Å². The monoisotopic (exact) mass is 243 g/mol. The number of hydrogen-bond donors (Lipinski definition) is 1. The molecule has 0 bridgehead atoms. The highest BCUT2D eigenvalue weighted by Gasteiger charge is 2.20. The first-order chi connectivity index (χ1) is 8.72. The van der Waals surface area contributed by atoms with E-state index in [0.29, 0.717) is 19.4 Å². The zero-order valence-corrected chi connectivity index (χ0v) is 10.6. The fourth-order valence-electron chi connectivity index (χ4n) is 2.20. The minimum atomic E-state index is 0.183. The number of nitrogens with zero attached hydrogens (tertiary/aromatic N) is 2. The zero-order chi connectivity index (χ0) is 13.0. The van der Waals surface area contributed by atoms with Crippen molar-refractivity contribution in [3.8, 4) is 6.07 Å². The Hall–Kier alpha value is -1.86. The van der Waals surface area contributed by atoms with Crippen LogP contribution < -0.4 is 10.2 Å². The fourth-order valence-corrected chi connectivity index (χ4v) is 2.20. The van der Waals surface area contributed by atoms with E-state index in [1.807, 2.05) is 19.2 Å². The number of aryl methyl sites for hydroxylation is 1. The molecule has 4 nitrogen and oxygen atoms in total. The van der Waals surface area contributed by atoms with Gasteiger partial charge in [-0.3, -0.25) is 4.79 Å². The van der Waals surface area contributed by atoms with Crippen molar-refractivity contribution in [2.75, 3.05) is 18.5 Å². The molecule has 1 aliphatic heterocycles. The minimum Gasteiger partial charge on any atom is -0.315 e. The summed E-state index contributed by atoms with van der Waals surface area (Å²) >= 11 is 0. The average molecular weight is 243 g/mol. The van der Waals surface area contributed by atoms with Gasteiger partial charge in [0.25, 0.3) is 0 Å². The molecule has 0 saturated heterocycles. The molecule has 18 heavy (non-hydrogen) atoms. The van der Waals surface area contributed by atoms with Crippen LogP contribution in [0.4, 0.5) is 5.69 Å². The standard InChI is InChI=1S/C14H17N3O/c1-17-13-5-3-11(10-16-8-2-7-15)9-12(13)4-6-14(17)18/h3,5,9,16H,2,4,6,8,10H2,1H3. The summed E-state index contributed by atoms with van der Waals surface area (Å²) in [5.41, 5.74) is 3.46. The molecule has 0 spiro atoms. The highest BCUT2D eigenvalue weighted by molar-refractivity contribution is 5.95. The SMILES string of the molecule is CN1C(=O)CCc2cc(CNCCC#N)ccc21. The van der Waals surface area contributed by atoms with Gasteiger partial charge in [-0.15, -0.1) is 0 Å². The molecule has 1 aromatic carbocycles. The zero-order valence-electron chi connectivity index (χ0n) is 10.6. The van der Waals surface area contributed by atoms with Crippen LogP contribution in [0.1, 0.15) is 24.0 Å². The number of nitriles is 1. The molecular weight excluding hydrogens is 226 g/mol. The van der Waals surface area contributed by atoms with E-state index in [2.05, 4.69) is 17.5 Å². The normalized spacial score (nSPS) is 14.2. The third-order valence-electron chi connectivity index (χ3n) is 3.23. The summed E-state index contributed by atoms with van der Waals surface area (Å²) in [5, 5.41) is 11.7. The molecule has 1 aliphatic rings. The third-order valence-corrected chi connectivity index (χ3v) is 3.23. The molecule has 0 saturated carbocycles. The maximum Gasteiger partial charge on any atom is 0.227 e. The fraction of sp³-hybridized carbons (Fsp3) is 0.429. The van der Waals surface area contributed by atoms with Crippen LogP contribution in [-0.2, 0) is 17.8 Å². The van der Waals surface area contributed by atoms with Gasteiger partial charge in [-0.25, -0.2) is 0 Å². The van der Waals surface area contributed by atoms with Crippen LogP contribution >= 0.6 is 0 Å². The van der Waals surface area contributed by atoms with Gasteiger partial charge in [-0.2, -0.15) is 5.26 Å². The molecule has 1 amide bonds. The molecule has 0 aliphatic carbocycles. The lowest BCUT2D eigenvalue weighted by atomic mass is 9.99. The van der Waals surface area contributed by atoms with E-state index in [1.54, 1.807) is 4.90 Å². The first kappa shape index (κ1) is 12.6. The quantitative estimate of drug-likeness (QED) is 0.817. The van der Waals surface area contributed by atoms with Gasteiger partial charge in [-0.05, 0) is 23.6 Å². The summed E-state index contributed by atoms with van der Waals surface area (Å²) in [5.74, 6) is 0.183. The molecule has 0 radical (unpaired) electrons. The Bertz CT molecular complexity index is 490. The van der Waals surface area contributed by atoms with Gasteiger partial charge in [0.2, 0.25) is 5.91 Å². The maximum absolute atomic E-state index is 11.6. The van der Waals surface area contributed by atoms with Gasteiger partial charge < -0.3 is 10.2 Å². The van der Waals surface area contributed by atoms with Crippen LogP contribution in [0, 0.1) is 11.3 Å². The minimum absolute atomic E-state index is 0.183. The van der Waals surface area contributed by atoms with Crippen LogP contribution in [0.25, 0.3) is 0 Å². The Labute approximate surface area is 107 Å². The van der Waals surface area contributed by atoms with Crippen molar-refractivity contribution in [2.24, 2.45) is 0 Å².